The minimum atomic E-state index is 0.583. The second-order valence-corrected chi connectivity index (χ2v) is 4.42. The predicted molar refractivity (Wildman–Crippen MR) is 71.9 cm³/mol. The van der Waals surface area contributed by atoms with Crippen LogP contribution in [-0.2, 0) is 15.9 Å². The summed E-state index contributed by atoms with van der Waals surface area (Å²) in [6.07, 6.45) is 1.61. The van der Waals surface area contributed by atoms with Gasteiger partial charge < -0.3 is 14.2 Å². The molecule has 0 bridgehead atoms. The fourth-order valence-electron chi connectivity index (χ4n) is 1.26. The van der Waals surface area contributed by atoms with E-state index in [1.165, 1.54) is 0 Å². The van der Waals surface area contributed by atoms with E-state index in [2.05, 4.69) is 25.9 Å². The number of rotatable bonds is 9. The van der Waals surface area contributed by atoms with Crippen LogP contribution in [0.1, 0.15) is 19.2 Å². The molecule has 6 heteroatoms. The van der Waals surface area contributed by atoms with Crippen LogP contribution in [-0.4, -0.2) is 43.5 Å². The molecule has 0 aliphatic carbocycles. The van der Waals surface area contributed by atoms with Crippen molar-refractivity contribution in [1.82, 2.24) is 9.97 Å². The molecule has 1 aromatic heterocycles. The van der Waals surface area contributed by atoms with Crippen LogP contribution in [0, 0.1) is 0 Å². The first-order chi connectivity index (χ1) is 8.76. The lowest BCUT2D eigenvalue weighted by atomic mass is 10.4. The molecule has 0 N–H and O–H groups in total. The van der Waals surface area contributed by atoms with Gasteiger partial charge in [-0.3, -0.25) is 0 Å². The van der Waals surface area contributed by atoms with Crippen LogP contribution in [0.25, 0.3) is 0 Å². The van der Waals surface area contributed by atoms with E-state index in [-0.39, 0.29) is 0 Å². The van der Waals surface area contributed by atoms with Crippen LogP contribution < -0.4 is 4.74 Å². The van der Waals surface area contributed by atoms with Crippen LogP contribution in [0.4, 0.5) is 0 Å². The quantitative estimate of drug-likeness (QED) is 0.516. The maximum atomic E-state index is 5.54. The second kappa shape index (κ2) is 9.24. The third-order valence-corrected chi connectivity index (χ3v) is 2.55. The Morgan fingerprint density at radius 3 is 2.72 bits per heavy atom. The van der Waals surface area contributed by atoms with Crippen LogP contribution in [0.15, 0.2) is 10.7 Å². The summed E-state index contributed by atoms with van der Waals surface area (Å²) < 4.78 is 16.5. The molecule has 0 aliphatic rings. The normalized spacial score (nSPS) is 10.6. The van der Waals surface area contributed by atoms with E-state index in [0.717, 1.165) is 23.3 Å². The van der Waals surface area contributed by atoms with Crippen LogP contribution in [0.3, 0.4) is 0 Å². The molecule has 0 unspecified atom stereocenters. The SMILES string of the molecule is CCc1nc(Br)cc(OCCCOCCOC)n1. The number of aryl methyl sites for hydroxylation is 1. The summed E-state index contributed by atoms with van der Waals surface area (Å²) in [6, 6.07) is 1.77. The monoisotopic (exact) mass is 318 g/mol. The first-order valence-electron chi connectivity index (χ1n) is 5.99. The molecule has 0 atom stereocenters. The summed E-state index contributed by atoms with van der Waals surface area (Å²) >= 11 is 3.34. The van der Waals surface area contributed by atoms with Gasteiger partial charge in [-0.2, -0.15) is 4.98 Å². The van der Waals surface area contributed by atoms with Crippen molar-refractivity contribution in [3.05, 3.63) is 16.5 Å². The van der Waals surface area contributed by atoms with Crippen molar-refractivity contribution in [1.29, 1.82) is 0 Å². The number of ether oxygens (including phenoxy) is 3. The lowest BCUT2D eigenvalue weighted by Crippen LogP contribution is -2.08. The largest absolute Gasteiger partial charge is 0.477 e. The number of halogens is 1. The zero-order chi connectivity index (χ0) is 13.2. The third-order valence-electron chi connectivity index (χ3n) is 2.15. The molecule has 1 aromatic rings. The Bertz CT molecular complexity index is 350. The first-order valence-corrected chi connectivity index (χ1v) is 6.78. The number of methoxy groups -OCH3 is 1. The van der Waals surface area contributed by atoms with Crippen molar-refractivity contribution in [2.45, 2.75) is 19.8 Å². The maximum Gasteiger partial charge on any atom is 0.217 e. The van der Waals surface area contributed by atoms with Gasteiger partial charge in [0.05, 0.1) is 19.8 Å². The van der Waals surface area contributed by atoms with Crippen LogP contribution >= 0.6 is 15.9 Å². The lowest BCUT2D eigenvalue weighted by Gasteiger charge is -2.07. The van der Waals surface area contributed by atoms with E-state index in [9.17, 15) is 0 Å². The third kappa shape index (κ3) is 6.28. The molecule has 102 valence electrons. The van der Waals surface area contributed by atoms with Gasteiger partial charge >= 0.3 is 0 Å². The Morgan fingerprint density at radius 1 is 1.17 bits per heavy atom. The van der Waals surface area contributed by atoms with Gasteiger partial charge in [-0.25, -0.2) is 4.98 Å². The van der Waals surface area contributed by atoms with Gasteiger partial charge in [0, 0.05) is 32.6 Å². The number of hydrogen-bond acceptors (Lipinski definition) is 5. The summed E-state index contributed by atoms with van der Waals surface area (Å²) in [7, 11) is 1.66. The van der Waals surface area contributed by atoms with Crippen molar-refractivity contribution in [3.63, 3.8) is 0 Å². The average molecular weight is 319 g/mol. The van der Waals surface area contributed by atoms with Gasteiger partial charge in [0.15, 0.2) is 0 Å². The van der Waals surface area contributed by atoms with Gasteiger partial charge in [-0.15, -0.1) is 0 Å². The fourth-order valence-corrected chi connectivity index (χ4v) is 1.66. The van der Waals surface area contributed by atoms with Crippen molar-refractivity contribution >= 4 is 15.9 Å². The van der Waals surface area contributed by atoms with E-state index in [0.29, 0.717) is 32.3 Å². The molecule has 0 amide bonds. The Labute approximate surface area is 116 Å². The van der Waals surface area contributed by atoms with Gasteiger partial charge in [0.1, 0.15) is 10.4 Å². The number of nitrogens with zero attached hydrogens (tertiary/aromatic N) is 2. The maximum absolute atomic E-state index is 5.54. The Hall–Kier alpha value is -0.720. The summed E-state index contributed by atoms with van der Waals surface area (Å²) in [5.74, 6) is 1.38. The minimum Gasteiger partial charge on any atom is -0.477 e. The highest BCUT2D eigenvalue weighted by Gasteiger charge is 2.02. The predicted octanol–water partition coefficient (Wildman–Crippen LogP) is 2.23. The first kappa shape index (κ1) is 15.3. The summed E-state index contributed by atoms with van der Waals surface area (Å²) in [5, 5.41) is 0. The Kier molecular flexibility index (Phi) is 7.88. The molecule has 18 heavy (non-hydrogen) atoms. The highest BCUT2D eigenvalue weighted by atomic mass is 79.9. The molecule has 0 aliphatic heterocycles. The highest BCUT2D eigenvalue weighted by molar-refractivity contribution is 9.10. The molecule has 1 heterocycles. The molecule has 0 fully saturated rings. The Balaban J connectivity index is 2.20. The molecular weight excluding hydrogens is 300 g/mol. The van der Waals surface area contributed by atoms with Gasteiger partial charge in [-0.05, 0) is 15.9 Å². The highest BCUT2D eigenvalue weighted by Crippen LogP contribution is 2.14. The van der Waals surface area contributed by atoms with Gasteiger partial charge in [0.2, 0.25) is 5.88 Å². The molecule has 0 spiro atoms. The van der Waals surface area contributed by atoms with E-state index in [1.54, 1.807) is 13.2 Å². The smallest absolute Gasteiger partial charge is 0.217 e. The summed E-state index contributed by atoms with van der Waals surface area (Å²) in [6.45, 7) is 4.50. The van der Waals surface area contributed by atoms with Gasteiger partial charge in [0.25, 0.3) is 0 Å². The molecule has 0 saturated heterocycles. The minimum absolute atomic E-state index is 0.583. The zero-order valence-corrected chi connectivity index (χ0v) is 12.4. The molecule has 0 saturated carbocycles. The van der Waals surface area contributed by atoms with E-state index in [1.807, 2.05) is 6.92 Å². The van der Waals surface area contributed by atoms with Crippen molar-refractivity contribution in [3.8, 4) is 5.88 Å². The number of hydrogen-bond donors (Lipinski definition) is 0. The summed E-state index contributed by atoms with van der Waals surface area (Å²) in [5.41, 5.74) is 0. The van der Waals surface area contributed by atoms with Crippen LogP contribution in [0.5, 0.6) is 5.88 Å². The lowest BCUT2D eigenvalue weighted by molar-refractivity contribution is 0.0642. The fraction of sp³-hybridized carbons (Fsp3) is 0.667. The average Bonchev–Trinajstić information content (AvgIpc) is 2.37. The molecule has 0 aromatic carbocycles. The van der Waals surface area contributed by atoms with E-state index >= 15 is 0 Å². The topological polar surface area (TPSA) is 53.5 Å². The van der Waals surface area contributed by atoms with Crippen molar-refractivity contribution < 1.29 is 14.2 Å². The zero-order valence-electron chi connectivity index (χ0n) is 10.8. The standard InChI is InChI=1S/C12H19BrN2O3/c1-3-11-14-10(13)9-12(15-11)18-6-4-5-17-8-7-16-2/h9H,3-8H2,1-2H3. The Morgan fingerprint density at radius 2 is 2.00 bits per heavy atom. The second-order valence-electron chi connectivity index (χ2n) is 3.61. The number of aromatic nitrogens is 2. The molecule has 5 nitrogen and oxygen atoms in total. The molecule has 0 radical (unpaired) electrons. The molecule has 1 rings (SSSR count). The van der Waals surface area contributed by atoms with Gasteiger partial charge in [-0.1, -0.05) is 6.92 Å². The van der Waals surface area contributed by atoms with Crippen LogP contribution in [0.2, 0.25) is 0 Å². The summed E-state index contributed by atoms with van der Waals surface area (Å²) in [4.78, 5) is 8.49. The van der Waals surface area contributed by atoms with Crippen molar-refractivity contribution in [2.75, 3.05) is 33.5 Å². The van der Waals surface area contributed by atoms with E-state index in [4.69, 9.17) is 14.2 Å². The molecular formula is C12H19BrN2O3. The van der Waals surface area contributed by atoms with E-state index < -0.39 is 0 Å². The van der Waals surface area contributed by atoms with Crippen molar-refractivity contribution in [2.24, 2.45) is 0 Å².